The van der Waals surface area contributed by atoms with E-state index in [1.807, 2.05) is 20.8 Å². The Morgan fingerprint density at radius 1 is 1.24 bits per heavy atom. The minimum atomic E-state index is -3.48. The second kappa shape index (κ2) is 6.92. The second-order valence-electron chi connectivity index (χ2n) is 7.34. The predicted molar refractivity (Wildman–Crippen MR) is 96.4 cm³/mol. The zero-order valence-corrected chi connectivity index (χ0v) is 16.2. The molecular weight excluding hydrogens is 365 g/mol. The lowest BCUT2D eigenvalue weighted by Crippen LogP contribution is -2.20. The SMILES string of the molecule is Cn1cc(S(=O)(=O)CC(C)(C)C)cc1C(=O)Cc1ccc(F)c(Cl)c1. The Hall–Kier alpha value is -1.66. The number of benzene rings is 1. The highest BCUT2D eigenvalue weighted by molar-refractivity contribution is 7.91. The Bertz CT molecular complexity index is 911. The van der Waals surface area contributed by atoms with Crippen LogP contribution in [-0.2, 0) is 23.3 Å². The van der Waals surface area contributed by atoms with Crippen molar-refractivity contribution in [1.29, 1.82) is 0 Å². The fourth-order valence-electron chi connectivity index (χ4n) is 2.56. The van der Waals surface area contributed by atoms with Gasteiger partial charge in [-0.05, 0) is 29.2 Å². The molecule has 0 unspecified atom stereocenters. The molecule has 2 aromatic rings. The minimum Gasteiger partial charge on any atom is -0.347 e. The summed E-state index contributed by atoms with van der Waals surface area (Å²) in [5, 5.41) is -0.0503. The molecule has 0 saturated carbocycles. The van der Waals surface area contributed by atoms with Crippen LogP contribution >= 0.6 is 11.6 Å². The molecule has 0 aliphatic carbocycles. The summed E-state index contributed by atoms with van der Waals surface area (Å²) in [5.74, 6) is -0.819. The number of aryl methyl sites for hydroxylation is 1. The highest BCUT2D eigenvalue weighted by Crippen LogP contribution is 2.24. The molecule has 0 amide bonds. The zero-order chi connectivity index (χ0) is 19.0. The zero-order valence-electron chi connectivity index (χ0n) is 14.6. The molecule has 0 radical (unpaired) electrons. The molecule has 0 atom stereocenters. The Morgan fingerprint density at radius 3 is 2.44 bits per heavy atom. The number of Topliss-reactive ketones (excluding diaryl/α,β-unsaturated/α-hetero) is 1. The fraction of sp³-hybridized carbons (Fsp3) is 0.389. The van der Waals surface area contributed by atoms with E-state index in [0.717, 1.165) is 0 Å². The lowest BCUT2D eigenvalue weighted by atomic mass is 10.0. The van der Waals surface area contributed by atoms with Crippen molar-refractivity contribution in [3.05, 3.63) is 52.6 Å². The Labute approximate surface area is 152 Å². The van der Waals surface area contributed by atoms with E-state index in [1.165, 1.54) is 35.0 Å². The molecule has 7 heteroatoms. The van der Waals surface area contributed by atoms with Gasteiger partial charge in [0.25, 0.3) is 0 Å². The number of carbonyl (C=O) groups excluding carboxylic acids is 1. The molecule has 1 heterocycles. The normalized spacial score (nSPS) is 12.4. The maximum atomic E-state index is 13.2. The van der Waals surface area contributed by atoms with Crippen LogP contribution < -0.4 is 0 Å². The van der Waals surface area contributed by atoms with Crippen molar-refractivity contribution in [2.45, 2.75) is 32.1 Å². The largest absolute Gasteiger partial charge is 0.347 e. The molecule has 1 aromatic heterocycles. The number of rotatable bonds is 5. The van der Waals surface area contributed by atoms with E-state index < -0.39 is 15.7 Å². The summed E-state index contributed by atoms with van der Waals surface area (Å²) >= 11 is 5.73. The van der Waals surface area contributed by atoms with Gasteiger partial charge in [-0.2, -0.15) is 0 Å². The first kappa shape index (κ1) is 19.7. The van der Waals surface area contributed by atoms with Crippen molar-refractivity contribution in [2.75, 3.05) is 5.75 Å². The average molecular weight is 386 g/mol. The van der Waals surface area contributed by atoms with Crippen LogP contribution in [0.4, 0.5) is 4.39 Å². The van der Waals surface area contributed by atoms with Crippen molar-refractivity contribution >= 4 is 27.2 Å². The van der Waals surface area contributed by atoms with Gasteiger partial charge >= 0.3 is 0 Å². The number of nitrogens with zero attached hydrogens (tertiary/aromatic N) is 1. The molecule has 2 rings (SSSR count). The van der Waals surface area contributed by atoms with Crippen LogP contribution in [0.2, 0.25) is 5.02 Å². The summed E-state index contributed by atoms with van der Waals surface area (Å²) in [6.45, 7) is 5.54. The molecule has 0 spiro atoms. The Kier molecular flexibility index (Phi) is 5.44. The Balaban J connectivity index is 2.27. The quantitative estimate of drug-likeness (QED) is 0.729. The third-order valence-corrected chi connectivity index (χ3v) is 6.07. The van der Waals surface area contributed by atoms with Crippen LogP contribution in [0.25, 0.3) is 0 Å². The summed E-state index contributed by atoms with van der Waals surface area (Å²) in [6.07, 6.45) is 1.46. The summed E-state index contributed by atoms with van der Waals surface area (Å²) in [7, 11) is -1.86. The summed E-state index contributed by atoms with van der Waals surface area (Å²) in [5.41, 5.74) is 0.466. The van der Waals surface area contributed by atoms with Gasteiger partial charge in [0.15, 0.2) is 15.6 Å². The monoisotopic (exact) mass is 385 g/mol. The number of aromatic nitrogens is 1. The molecule has 0 bridgehead atoms. The lowest BCUT2D eigenvalue weighted by Gasteiger charge is -2.17. The van der Waals surface area contributed by atoms with Gasteiger partial charge in [-0.1, -0.05) is 38.4 Å². The maximum Gasteiger partial charge on any atom is 0.183 e. The number of hydrogen-bond acceptors (Lipinski definition) is 3. The first-order valence-electron chi connectivity index (χ1n) is 7.75. The number of halogens is 2. The minimum absolute atomic E-state index is 0.00872. The van der Waals surface area contributed by atoms with E-state index in [-0.39, 0.29) is 39.0 Å². The van der Waals surface area contributed by atoms with Crippen molar-refractivity contribution in [2.24, 2.45) is 12.5 Å². The first-order chi connectivity index (χ1) is 11.4. The van der Waals surface area contributed by atoms with Crippen LogP contribution in [-0.4, -0.2) is 24.5 Å². The third kappa shape index (κ3) is 4.92. The van der Waals surface area contributed by atoms with E-state index >= 15 is 0 Å². The number of sulfone groups is 1. The van der Waals surface area contributed by atoms with Crippen molar-refractivity contribution < 1.29 is 17.6 Å². The van der Waals surface area contributed by atoms with Crippen molar-refractivity contribution in [1.82, 2.24) is 4.57 Å². The predicted octanol–water partition coefficient (Wildman–Crippen LogP) is 4.06. The van der Waals surface area contributed by atoms with Crippen LogP contribution in [0.15, 0.2) is 35.4 Å². The van der Waals surface area contributed by atoms with E-state index in [4.69, 9.17) is 11.6 Å². The standard InChI is InChI=1S/C18H21ClFNO3S/c1-18(2,3)11-25(23,24)13-9-16(21(4)10-13)17(22)8-12-5-6-15(20)14(19)7-12/h5-7,9-10H,8,11H2,1-4H3. The number of hydrogen-bond donors (Lipinski definition) is 0. The molecule has 25 heavy (non-hydrogen) atoms. The molecule has 0 fully saturated rings. The highest BCUT2D eigenvalue weighted by atomic mass is 35.5. The molecule has 0 aliphatic rings. The van der Waals surface area contributed by atoms with Crippen molar-refractivity contribution in [3.63, 3.8) is 0 Å². The maximum absolute atomic E-state index is 13.2. The van der Waals surface area contributed by atoms with E-state index in [1.54, 1.807) is 7.05 Å². The van der Waals surface area contributed by atoms with Crippen molar-refractivity contribution in [3.8, 4) is 0 Å². The van der Waals surface area contributed by atoms with Gasteiger partial charge in [0.2, 0.25) is 0 Å². The molecule has 0 N–H and O–H groups in total. The smallest absolute Gasteiger partial charge is 0.183 e. The number of ketones is 1. The molecule has 0 saturated heterocycles. The average Bonchev–Trinajstić information content (AvgIpc) is 2.83. The van der Waals surface area contributed by atoms with Gasteiger partial charge < -0.3 is 4.57 Å². The molecular formula is C18H21ClFNO3S. The molecule has 1 aromatic carbocycles. The van der Waals surface area contributed by atoms with Gasteiger partial charge in [-0.25, -0.2) is 12.8 Å². The third-order valence-electron chi connectivity index (χ3n) is 3.60. The molecule has 4 nitrogen and oxygen atoms in total. The van der Waals surface area contributed by atoms with Gasteiger partial charge in [0.05, 0.1) is 21.4 Å². The number of carbonyl (C=O) groups is 1. The summed E-state index contributed by atoms with van der Waals surface area (Å²) in [4.78, 5) is 12.6. The second-order valence-corrected chi connectivity index (χ2v) is 9.74. The van der Waals surface area contributed by atoms with E-state index in [0.29, 0.717) is 5.56 Å². The van der Waals surface area contributed by atoms with E-state index in [9.17, 15) is 17.6 Å². The molecule has 0 aliphatic heterocycles. The van der Waals surface area contributed by atoms with Gasteiger partial charge in [0.1, 0.15) is 5.82 Å². The van der Waals surface area contributed by atoms with Crippen LogP contribution in [0.1, 0.15) is 36.8 Å². The van der Waals surface area contributed by atoms with Gasteiger partial charge in [-0.15, -0.1) is 0 Å². The van der Waals surface area contributed by atoms with Gasteiger partial charge in [-0.3, -0.25) is 4.79 Å². The van der Waals surface area contributed by atoms with Crippen LogP contribution in [0.5, 0.6) is 0 Å². The first-order valence-corrected chi connectivity index (χ1v) is 9.78. The summed E-state index contributed by atoms with van der Waals surface area (Å²) in [6, 6.07) is 5.48. The highest BCUT2D eigenvalue weighted by Gasteiger charge is 2.26. The topological polar surface area (TPSA) is 56.1 Å². The van der Waals surface area contributed by atoms with Gasteiger partial charge in [0, 0.05) is 19.7 Å². The fourth-order valence-corrected chi connectivity index (χ4v) is 4.68. The molecule has 136 valence electrons. The summed E-state index contributed by atoms with van der Waals surface area (Å²) < 4.78 is 39.7. The van der Waals surface area contributed by atoms with Crippen LogP contribution in [0.3, 0.4) is 0 Å². The van der Waals surface area contributed by atoms with Crippen LogP contribution in [0, 0.1) is 11.2 Å². The lowest BCUT2D eigenvalue weighted by molar-refractivity contribution is 0.0985. The Morgan fingerprint density at radius 2 is 1.88 bits per heavy atom. The van der Waals surface area contributed by atoms with E-state index in [2.05, 4.69) is 0 Å².